The smallest absolute Gasteiger partial charge is 0.269 e. The summed E-state index contributed by atoms with van der Waals surface area (Å²) in [5.74, 6) is 2.51. The van der Waals surface area contributed by atoms with Gasteiger partial charge in [-0.25, -0.2) is 0 Å². The van der Waals surface area contributed by atoms with Gasteiger partial charge in [-0.1, -0.05) is 38.1 Å². The maximum absolute atomic E-state index is 10.8. The second-order valence-electron chi connectivity index (χ2n) is 10.7. The highest BCUT2D eigenvalue weighted by Crippen LogP contribution is 2.33. The molecule has 10 heteroatoms. The molecule has 0 saturated heterocycles. The molecule has 0 aliphatic heterocycles. The van der Waals surface area contributed by atoms with E-state index in [1.54, 1.807) is 24.3 Å². The minimum absolute atomic E-state index is 0.0158. The Balaban J connectivity index is 1.26. The van der Waals surface area contributed by atoms with Gasteiger partial charge >= 0.3 is 0 Å². The van der Waals surface area contributed by atoms with Crippen LogP contribution in [-0.2, 0) is 5.41 Å². The average Bonchev–Trinajstić information content (AvgIpc) is 3.00. The van der Waals surface area contributed by atoms with Crippen LogP contribution in [0, 0.1) is 20.2 Å². The number of rotatable bonds is 14. The molecule has 4 aromatic carbocycles. The van der Waals surface area contributed by atoms with Crippen molar-refractivity contribution in [2.24, 2.45) is 0 Å². The highest BCUT2D eigenvalue weighted by atomic mass is 16.6. The topological polar surface area (TPSA) is 123 Å². The summed E-state index contributed by atoms with van der Waals surface area (Å²) < 4.78 is 23.4. The number of hydrogen-bond donors (Lipinski definition) is 0. The summed E-state index contributed by atoms with van der Waals surface area (Å²) in [6.07, 6.45) is -0.509. The zero-order valence-corrected chi connectivity index (χ0v) is 24.5. The van der Waals surface area contributed by atoms with Crippen molar-refractivity contribution >= 4 is 11.4 Å². The molecule has 0 aliphatic rings. The van der Waals surface area contributed by atoms with Crippen molar-refractivity contribution in [1.29, 1.82) is 0 Å². The standard InChI is InChI=1S/C33H34N2O8/c1-23(42-31-17-9-27(10-18-31)34(36)37)21-40-29-13-5-25(6-14-29)33(3,4)26-7-15-30(16-8-26)41-22-24(2)43-32-19-11-28(12-20-32)35(38)39/h5-20,23-24H,21-22H2,1-4H3. The highest BCUT2D eigenvalue weighted by molar-refractivity contribution is 5.42. The van der Waals surface area contributed by atoms with Gasteiger partial charge in [-0.15, -0.1) is 0 Å². The van der Waals surface area contributed by atoms with Crippen molar-refractivity contribution < 1.29 is 28.8 Å². The predicted octanol–water partition coefficient (Wildman–Crippen LogP) is 7.52. The first-order valence-corrected chi connectivity index (χ1v) is 13.8. The van der Waals surface area contributed by atoms with Crippen molar-refractivity contribution in [3.63, 3.8) is 0 Å². The summed E-state index contributed by atoms with van der Waals surface area (Å²) in [5.41, 5.74) is 2.00. The largest absolute Gasteiger partial charge is 0.490 e. The van der Waals surface area contributed by atoms with Gasteiger partial charge in [0.15, 0.2) is 0 Å². The van der Waals surface area contributed by atoms with E-state index in [-0.39, 0.29) is 29.0 Å². The zero-order chi connectivity index (χ0) is 31.0. The highest BCUT2D eigenvalue weighted by Gasteiger charge is 2.23. The SMILES string of the molecule is CC(COc1ccc(C(C)(C)c2ccc(OCC(C)Oc3ccc([N+](=O)[O-])cc3)cc2)cc1)Oc1ccc([N+](=O)[O-])cc1. The number of ether oxygens (including phenoxy) is 4. The van der Waals surface area contributed by atoms with Gasteiger partial charge in [0.05, 0.1) is 9.85 Å². The van der Waals surface area contributed by atoms with Gasteiger partial charge in [0.25, 0.3) is 11.4 Å². The Labute approximate surface area is 250 Å². The van der Waals surface area contributed by atoms with Crippen LogP contribution >= 0.6 is 0 Å². The van der Waals surface area contributed by atoms with Crippen molar-refractivity contribution in [1.82, 2.24) is 0 Å². The molecule has 2 unspecified atom stereocenters. The molecule has 0 fully saturated rings. The number of benzene rings is 4. The summed E-state index contributed by atoms with van der Waals surface area (Å²) in [4.78, 5) is 20.7. The molecule has 0 bridgehead atoms. The molecular weight excluding hydrogens is 552 g/mol. The van der Waals surface area contributed by atoms with Gasteiger partial charge in [0, 0.05) is 29.7 Å². The predicted molar refractivity (Wildman–Crippen MR) is 162 cm³/mol. The molecule has 0 aromatic heterocycles. The lowest BCUT2D eigenvalue weighted by molar-refractivity contribution is -0.385. The fourth-order valence-electron chi connectivity index (χ4n) is 4.35. The van der Waals surface area contributed by atoms with Crippen LogP contribution in [0.25, 0.3) is 0 Å². The van der Waals surface area contributed by atoms with Crippen LogP contribution in [-0.4, -0.2) is 35.3 Å². The number of hydrogen-bond acceptors (Lipinski definition) is 8. The Morgan fingerprint density at radius 2 is 0.860 bits per heavy atom. The molecule has 0 N–H and O–H groups in total. The van der Waals surface area contributed by atoms with Gasteiger partial charge in [0.1, 0.15) is 48.4 Å². The fourth-order valence-corrected chi connectivity index (χ4v) is 4.35. The molecular formula is C33H34N2O8. The van der Waals surface area contributed by atoms with Gasteiger partial charge in [-0.2, -0.15) is 0 Å². The second-order valence-corrected chi connectivity index (χ2v) is 10.7. The molecule has 0 amide bonds. The monoisotopic (exact) mass is 586 g/mol. The van der Waals surface area contributed by atoms with Crippen molar-refractivity contribution in [3.05, 3.63) is 128 Å². The van der Waals surface area contributed by atoms with E-state index in [1.807, 2.05) is 62.4 Å². The van der Waals surface area contributed by atoms with E-state index in [2.05, 4.69) is 13.8 Å². The summed E-state index contributed by atoms with van der Waals surface area (Å²) in [6, 6.07) is 27.8. The van der Waals surface area contributed by atoms with E-state index in [1.165, 1.54) is 24.3 Å². The maximum atomic E-state index is 10.8. The minimum Gasteiger partial charge on any atom is -0.490 e. The molecule has 0 spiro atoms. The lowest BCUT2D eigenvalue weighted by atomic mass is 9.78. The Bertz CT molecular complexity index is 1390. The molecule has 43 heavy (non-hydrogen) atoms. The molecule has 0 aliphatic carbocycles. The van der Waals surface area contributed by atoms with Crippen LogP contribution in [0.4, 0.5) is 11.4 Å². The quantitative estimate of drug-likeness (QED) is 0.110. The van der Waals surface area contributed by atoms with E-state index in [4.69, 9.17) is 18.9 Å². The molecule has 10 nitrogen and oxygen atoms in total. The van der Waals surface area contributed by atoms with Gasteiger partial charge < -0.3 is 18.9 Å². The number of nitro benzene ring substituents is 2. The van der Waals surface area contributed by atoms with Crippen molar-refractivity contribution in [2.75, 3.05) is 13.2 Å². The molecule has 4 rings (SSSR count). The van der Waals surface area contributed by atoms with E-state index >= 15 is 0 Å². The summed E-state index contributed by atoms with van der Waals surface area (Å²) in [6.45, 7) is 8.69. The fraction of sp³-hybridized carbons (Fsp3) is 0.273. The molecule has 2 atom stereocenters. The third kappa shape index (κ3) is 8.45. The van der Waals surface area contributed by atoms with Crippen LogP contribution in [0.3, 0.4) is 0 Å². The van der Waals surface area contributed by atoms with E-state index in [9.17, 15) is 20.2 Å². The van der Waals surface area contributed by atoms with Crippen LogP contribution in [0.2, 0.25) is 0 Å². The molecule has 4 aromatic rings. The zero-order valence-electron chi connectivity index (χ0n) is 24.5. The van der Waals surface area contributed by atoms with Gasteiger partial charge in [0.2, 0.25) is 0 Å². The number of nitrogens with zero attached hydrogens (tertiary/aromatic N) is 2. The second kappa shape index (κ2) is 13.7. The Kier molecular flexibility index (Phi) is 9.82. The first-order chi connectivity index (χ1) is 20.5. The average molecular weight is 587 g/mol. The molecule has 0 heterocycles. The molecule has 0 radical (unpaired) electrons. The molecule has 224 valence electrons. The first kappa shape index (κ1) is 30.8. The summed E-state index contributed by atoms with van der Waals surface area (Å²) >= 11 is 0. The van der Waals surface area contributed by atoms with E-state index in [0.29, 0.717) is 36.2 Å². The van der Waals surface area contributed by atoms with Gasteiger partial charge in [-0.3, -0.25) is 20.2 Å². The summed E-state index contributed by atoms with van der Waals surface area (Å²) in [7, 11) is 0. The Morgan fingerprint density at radius 3 is 1.16 bits per heavy atom. The Hall–Kier alpha value is -5.12. The third-order valence-electron chi connectivity index (χ3n) is 6.89. The van der Waals surface area contributed by atoms with Crippen molar-refractivity contribution in [2.45, 2.75) is 45.3 Å². The lowest BCUT2D eigenvalue weighted by Crippen LogP contribution is -2.22. The van der Waals surface area contributed by atoms with Crippen LogP contribution < -0.4 is 18.9 Å². The first-order valence-electron chi connectivity index (χ1n) is 13.8. The molecule has 0 saturated carbocycles. The normalized spacial score (nSPS) is 12.6. The Morgan fingerprint density at radius 1 is 0.558 bits per heavy atom. The van der Waals surface area contributed by atoms with Crippen LogP contribution in [0.1, 0.15) is 38.8 Å². The minimum atomic E-state index is -0.447. The number of non-ortho nitro benzene ring substituents is 2. The van der Waals surface area contributed by atoms with Crippen LogP contribution in [0.5, 0.6) is 23.0 Å². The van der Waals surface area contributed by atoms with E-state index < -0.39 is 9.85 Å². The van der Waals surface area contributed by atoms with Crippen LogP contribution in [0.15, 0.2) is 97.1 Å². The van der Waals surface area contributed by atoms with Crippen molar-refractivity contribution in [3.8, 4) is 23.0 Å². The summed E-state index contributed by atoms with van der Waals surface area (Å²) in [5, 5.41) is 21.6. The van der Waals surface area contributed by atoms with E-state index in [0.717, 1.165) is 11.1 Å². The van der Waals surface area contributed by atoms with Gasteiger partial charge in [-0.05, 0) is 73.5 Å². The lowest BCUT2D eigenvalue weighted by Gasteiger charge is -2.26. The maximum Gasteiger partial charge on any atom is 0.269 e. The number of nitro groups is 2. The third-order valence-corrected chi connectivity index (χ3v) is 6.89.